The van der Waals surface area contributed by atoms with Crippen LogP contribution in [0.2, 0.25) is 0 Å². The highest BCUT2D eigenvalue weighted by molar-refractivity contribution is 5.96. The van der Waals surface area contributed by atoms with E-state index in [0.717, 1.165) is 40.8 Å². The lowest BCUT2D eigenvalue weighted by Gasteiger charge is -2.31. The fourth-order valence-electron chi connectivity index (χ4n) is 5.94. The van der Waals surface area contributed by atoms with Gasteiger partial charge in [-0.05, 0) is 65.1 Å². The molecule has 1 aliphatic heterocycles. The summed E-state index contributed by atoms with van der Waals surface area (Å²) in [5.74, 6) is -1.34. The van der Waals surface area contributed by atoms with Crippen LogP contribution in [0, 0.1) is 6.92 Å². The van der Waals surface area contributed by atoms with Gasteiger partial charge in [-0.2, -0.15) is 18.2 Å². The summed E-state index contributed by atoms with van der Waals surface area (Å²) in [6, 6.07) is 32.1. The van der Waals surface area contributed by atoms with Crippen molar-refractivity contribution in [1.82, 2.24) is 4.98 Å². The van der Waals surface area contributed by atoms with Crippen LogP contribution in [0.5, 0.6) is 0 Å². The molecule has 1 saturated heterocycles. The number of carbonyl (C=O) groups excluding carboxylic acids is 2. The van der Waals surface area contributed by atoms with Crippen molar-refractivity contribution in [2.75, 3.05) is 23.3 Å². The number of oxazole rings is 1. The fraction of sp³-hybridized carbons (Fsp3) is 0.237. The van der Waals surface area contributed by atoms with Crippen LogP contribution in [-0.2, 0) is 23.8 Å². The Morgan fingerprint density at radius 3 is 1.98 bits per heavy atom. The van der Waals surface area contributed by atoms with Crippen molar-refractivity contribution < 1.29 is 27.2 Å². The van der Waals surface area contributed by atoms with Gasteiger partial charge in [-0.15, -0.1) is 0 Å². The first kappa shape index (κ1) is 31.8. The quantitative estimate of drug-likeness (QED) is 0.164. The minimum atomic E-state index is -4.83. The number of piperidine rings is 1. The number of rotatable bonds is 9. The molecule has 0 bridgehead atoms. The Morgan fingerprint density at radius 2 is 1.38 bits per heavy atom. The van der Waals surface area contributed by atoms with E-state index in [1.54, 1.807) is 17.0 Å². The standard InChI is InChI=1S/C38H34F3N3O3/c1-25-7-5-6-10-32(25)42-34(46)24-27-13-17-30(18-14-27)29-15-11-26(12-16-29)23-33(45)35-36(38(39,40)41)43-37(47-35)44-21-19-31(20-22-44)28-8-3-2-4-9-28/h2-18,31H,19-24H2,1H3,(H,42,46). The number of carbonyl (C=O) groups is 2. The molecule has 1 amide bonds. The molecule has 0 aliphatic carbocycles. The summed E-state index contributed by atoms with van der Waals surface area (Å²) >= 11 is 0. The first-order valence-corrected chi connectivity index (χ1v) is 15.6. The van der Waals surface area contributed by atoms with Gasteiger partial charge in [0.25, 0.3) is 6.01 Å². The number of hydrogen-bond acceptors (Lipinski definition) is 5. The van der Waals surface area contributed by atoms with Gasteiger partial charge in [0.1, 0.15) is 0 Å². The summed E-state index contributed by atoms with van der Waals surface area (Å²) in [5.41, 5.74) is 4.87. The van der Waals surface area contributed by atoms with E-state index >= 15 is 0 Å². The van der Waals surface area contributed by atoms with Crippen molar-refractivity contribution in [3.05, 3.63) is 137 Å². The highest BCUT2D eigenvalue weighted by Crippen LogP contribution is 2.37. The second kappa shape index (κ2) is 13.7. The molecule has 0 unspecified atom stereocenters. The molecule has 4 aromatic carbocycles. The zero-order valence-corrected chi connectivity index (χ0v) is 25.9. The molecule has 47 heavy (non-hydrogen) atoms. The number of nitrogens with one attached hydrogen (secondary N) is 1. The van der Waals surface area contributed by atoms with Gasteiger partial charge >= 0.3 is 6.18 Å². The van der Waals surface area contributed by atoms with E-state index in [1.807, 2.05) is 85.8 Å². The van der Waals surface area contributed by atoms with E-state index in [2.05, 4.69) is 22.4 Å². The Hall–Kier alpha value is -5.18. The maximum absolute atomic E-state index is 13.9. The molecule has 0 spiro atoms. The van der Waals surface area contributed by atoms with Crippen LogP contribution in [0.25, 0.3) is 11.1 Å². The summed E-state index contributed by atoms with van der Waals surface area (Å²) in [4.78, 5) is 31.1. The molecule has 1 aliphatic rings. The number of Topliss-reactive ketones (excluding diaryl/α,β-unsaturated/α-hetero) is 1. The van der Waals surface area contributed by atoms with Gasteiger partial charge in [-0.3, -0.25) is 9.59 Å². The highest BCUT2D eigenvalue weighted by Gasteiger charge is 2.42. The Balaban J connectivity index is 1.08. The molecule has 2 heterocycles. The topological polar surface area (TPSA) is 75.4 Å². The SMILES string of the molecule is Cc1ccccc1NC(=O)Cc1ccc(-c2ccc(CC(=O)c3oc(N4CCC(c5ccccc5)CC4)nc3C(F)(F)F)cc2)cc1. The zero-order chi connectivity index (χ0) is 33.0. The lowest BCUT2D eigenvalue weighted by atomic mass is 9.90. The van der Waals surface area contributed by atoms with Crippen LogP contribution in [0.3, 0.4) is 0 Å². The Bertz CT molecular complexity index is 1840. The number of benzene rings is 4. The van der Waals surface area contributed by atoms with Gasteiger partial charge in [-0.1, -0.05) is 97.1 Å². The Kier molecular flexibility index (Phi) is 9.24. The van der Waals surface area contributed by atoms with Gasteiger partial charge in [-0.25, -0.2) is 0 Å². The highest BCUT2D eigenvalue weighted by atomic mass is 19.4. The summed E-state index contributed by atoms with van der Waals surface area (Å²) in [6.45, 7) is 2.90. The predicted octanol–water partition coefficient (Wildman–Crippen LogP) is 8.66. The van der Waals surface area contributed by atoms with Gasteiger partial charge in [0.15, 0.2) is 5.69 Å². The van der Waals surface area contributed by atoms with Gasteiger partial charge in [0.2, 0.25) is 17.5 Å². The van der Waals surface area contributed by atoms with Gasteiger partial charge in [0.05, 0.1) is 6.42 Å². The number of anilines is 2. The lowest BCUT2D eigenvalue weighted by Crippen LogP contribution is -2.33. The number of para-hydroxylation sites is 1. The molecular formula is C38H34F3N3O3. The van der Waals surface area contributed by atoms with Crippen LogP contribution >= 0.6 is 0 Å². The third-order valence-corrected chi connectivity index (χ3v) is 8.56. The Morgan fingerprint density at radius 1 is 0.809 bits per heavy atom. The summed E-state index contributed by atoms with van der Waals surface area (Å²) in [5, 5.41) is 2.93. The van der Waals surface area contributed by atoms with Crippen molar-refractivity contribution in [3.63, 3.8) is 0 Å². The number of hydrogen-bond donors (Lipinski definition) is 1. The Labute approximate surface area is 271 Å². The van der Waals surface area contributed by atoms with Crippen molar-refractivity contribution in [2.24, 2.45) is 0 Å². The molecule has 1 aromatic heterocycles. The van der Waals surface area contributed by atoms with Crippen molar-refractivity contribution >= 4 is 23.4 Å². The average molecular weight is 638 g/mol. The maximum Gasteiger partial charge on any atom is 0.437 e. The molecule has 1 N–H and O–H groups in total. The molecule has 6 nitrogen and oxygen atoms in total. The second-order valence-electron chi connectivity index (χ2n) is 11.9. The molecular weight excluding hydrogens is 603 g/mol. The lowest BCUT2D eigenvalue weighted by molar-refractivity contribution is -0.141. The van der Waals surface area contributed by atoms with E-state index in [9.17, 15) is 22.8 Å². The summed E-state index contributed by atoms with van der Waals surface area (Å²) < 4.78 is 47.4. The molecule has 0 saturated carbocycles. The molecule has 1 fully saturated rings. The van der Waals surface area contributed by atoms with E-state index in [0.29, 0.717) is 24.6 Å². The van der Waals surface area contributed by atoms with E-state index in [-0.39, 0.29) is 24.8 Å². The van der Waals surface area contributed by atoms with Crippen LogP contribution in [-0.4, -0.2) is 29.8 Å². The first-order valence-electron chi connectivity index (χ1n) is 15.6. The van der Waals surface area contributed by atoms with Gasteiger partial charge < -0.3 is 14.6 Å². The second-order valence-corrected chi connectivity index (χ2v) is 11.9. The number of aryl methyl sites for hydroxylation is 1. The van der Waals surface area contributed by atoms with Crippen molar-refractivity contribution in [2.45, 2.75) is 44.7 Å². The largest absolute Gasteiger partial charge is 0.437 e. The maximum atomic E-state index is 13.9. The summed E-state index contributed by atoms with van der Waals surface area (Å²) in [6.07, 6.45) is -3.37. The van der Waals surface area contributed by atoms with Crippen LogP contribution in [0.4, 0.5) is 24.9 Å². The third-order valence-electron chi connectivity index (χ3n) is 8.56. The predicted molar refractivity (Wildman–Crippen MR) is 176 cm³/mol. The normalized spacial score (nSPS) is 13.8. The fourth-order valence-corrected chi connectivity index (χ4v) is 5.94. The minimum absolute atomic E-state index is 0.110. The smallest absolute Gasteiger partial charge is 0.420 e. The van der Waals surface area contributed by atoms with Crippen LogP contribution in [0.1, 0.15) is 57.3 Å². The van der Waals surface area contributed by atoms with Gasteiger partial charge in [0, 0.05) is 25.2 Å². The zero-order valence-electron chi connectivity index (χ0n) is 25.9. The molecule has 0 atom stereocenters. The average Bonchev–Trinajstić information content (AvgIpc) is 3.54. The number of aromatic nitrogens is 1. The van der Waals surface area contributed by atoms with E-state index in [4.69, 9.17) is 4.42 Å². The first-order chi connectivity index (χ1) is 22.6. The van der Waals surface area contributed by atoms with Crippen molar-refractivity contribution in [1.29, 1.82) is 0 Å². The molecule has 0 radical (unpaired) electrons. The molecule has 6 rings (SSSR count). The molecule has 9 heteroatoms. The van der Waals surface area contributed by atoms with Crippen LogP contribution < -0.4 is 10.2 Å². The monoisotopic (exact) mass is 637 g/mol. The molecule has 240 valence electrons. The van der Waals surface area contributed by atoms with E-state index < -0.39 is 23.4 Å². The number of nitrogens with zero attached hydrogens (tertiary/aromatic N) is 2. The number of amides is 1. The van der Waals surface area contributed by atoms with Crippen molar-refractivity contribution in [3.8, 4) is 11.1 Å². The minimum Gasteiger partial charge on any atom is -0.420 e. The molecule has 5 aromatic rings. The van der Waals surface area contributed by atoms with E-state index in [1.165, 1.54) is 5.56 Å². The number of ketones is 1. The third kappa shape index (κ3) is 7.62. The number of halogens is 3. The number of alkyl halides is 3. The summed E-state index contributed by atoms with van der Waals surface area (Å²) in [7, 11) is 0. The van der Waals surface area contributed by atoms with Crippen LogP contribution in [0.15, 0.2) is 108 Å².